The third-order valence-electron chi connectivity index (χ3n) is 3.98. The molecule has 0 aliphatic heterocycles. The Bertz CT molecular complexity index is 660. The van der Waals surface area contributed by atoms with E-state index in [1.54, 1.807) is 5.32 Å². The number of hydrogen-bond acceptors (Lipinski definition) is 4. The van der Waals surface area contributed by atoms with Crippen LogP contribution in [0.15, 0.2) is 30.3 Å². The molecule has 29 heavy (non-hydrogen) atoms. The zero-order valence-corrected chi connectivity index (χ0v) is 16.7. The molecule has 0 unspecified atom stereocenters. The minimum atomic E-state index is -4.91. The number of hydrogen-bond donors (Lipinski definition) is 4. The molecule has 1 aromatic carbocycles. The first-order chi connectivity index (χ1) is 13.1. The van der Waals surface area contributed by atoms with Crippen LogP contribution in [0.25, 0.3) is 0 Å². The second-order valence-corrected chi connectivity index (χ2v) is 6.22. The molecule has 0 aromatic heterocycles. The molecule has 1 aromatic rings. The van der Waals surface area contributed by atoms with Crippen LogP contribution in [-0.4, -0.2) is 49.6 Å². The summed E-state index contributed by atoms with van der Waals surface area (Å²) in [6.07, 6.45) is -3.83. The third kappa shape index (κ3) is 10.1. The van der Waals surface area contributed by atoms with Crippen molar-refractivity contribution in [3.05, 3.63) is 35.9 Å². The fourth-order valence-electron chi connectivity index (χ4n) is 2.43. The van der Waals surface area contributed by atoms with Crippen molar-refractivity contribution in [1.82, 2.24) is 16.0 Å². The highest BCUT2D eigenvalue weighted by atomic mass is 35.5. The first-order valence-electron chi connectivity index (χ1n) is 8.81. The van der Waals surface area contributed by atoms with Gasteiger partial charge in [-0.15, -0.1) is 12.4 Å². The van der Waals surface area contributed by atoms with Crippen LogP contribution < -0.4 is 21.7 Å². The maximum atomic E-state index is 12.2. The number of rotatable bonds is 10. The molecule has 164 valence electrons. The second kappa shape index (κ2) is 13.0. The van der Waals surface area contributed by atoms with Gasteiger partial charge in [-0.25, -0.2) is 0 Å². The number of nitrogens with two attached hydrogens (primary N) is 1. The lowest BCUT2D eigenvalue weighted by molar-refractivity contribution is -0.173. The van der Waals surface area contributed by atoms with E-state index in [2.05, 4.69) is 10.6 Å². The van der Waals surface area contributed by atoms with E-state index in [9.17, 15) is 27.6 Å². The Kier molecular flexibility index (Phi) is 12.0. The quantitative estimate of drug-likeness (QED) is 0.409. The number of carbonyl (C=O) groups excluding carboxylic acids is 3. The van der Waals surface area contributed by atoms with Crippen LogP contribution in [0.4, 0.5) is 13.2 Å². The van der Waals surface area contributed by atoms with Gasteiger partial charge in [-0.3, -0.25) is 14.4 Å². The lowest BCUT2D eigenvalue weighted by Crippen LogP contribution is -2.52. The summed E-state index contributed by atoms with van der Waals surface area (Å²) < 4.78 is 36.1. The number of benzene rings is 1. The van der Waals surface area contributed by atoms with Gasteiger partial charge in [-0.1, -0.05) is 30.3 Å². The van der Waals surface area contributed by atoms with Crippen molar-refractivity contribution in [2.45, 2.75) is 43.9 Å². The lowest BCUT2D eigenvalue weighted by Gasteiger charge is -2.20. The Morgan fingerprint density at radius 2 is 1.69 bits per heavy atom. The summed E-state index contributed by atoms with van der Waals surface area (Å²) in [6.45, 7) is -0.165. The average molecular weight is 439 g/mol. The van der Waals surface area contributed by atoms with Gasteiger partial charge >= 0.3 is 12.1 Å². The summed E-state index contributed by atoms with van der Waals surface area (Å²) in [6, 6.07) is 7.43. The van der Waals surface area contributed by atoms with Crippen molar-refractivity contribution < 1.29 is 27.6 Å². The van der Waals surface area contributed by atoms with Crippen LogP contribution in [0.5, 0.6) is 0 Å². The molecule has 7 nitrogen and oxygen atoms in total. The van der Waals surface area contributed by atoms with Gasteiger partial charge in [0, 0.05) is 20.0 Å². The smallest absolute Gasteiger partial charge is 0.357 e. The molecule has 0 saturated heterocycles. The average Bonchev–Trinajstić information content (AvgIpc) is 2.66. The van der Waals surface area contributed by atoms with E-state index in [1.165, 1.54) is 7.05 Å². The predicted octanol–water partition coefficient (Wildman–Crippen LogP) is 1.06. The Labute approximate surface area is 173 Å². The zero-order chi connectivity index (χ0) is 21.2. The molecule has 3 amide bonds. The van der Waals surface area contributed by atoms with Crippen LogP contribution in [0.2, 0.25) is 0 Å². The lowest BCUT2D eigenvalue weighted by atomic mass is 10.0. The van der Waals surface area contributed by atoms with E-state index < -0.39 is 30.1 Å². The summed E-state index contributed by atoms with van der Waals surface area (Å²) in [5, 5.41) is 6.84. The van der Waals surface area contributed by atoms with E-state index in [0.717, 1.165) is 5.56 Å². The SMILES string of the molecule is CNC(=O)[C@H](Cc1ccccc1)NC(=O)[C@@H](N)CCCCNC(=O)C(F)(F)F.Cl. The van der Waals surface area contributed by atoms with Crippen molar-refractivity contribution in [3.8, 4) is 0 Å². The Balaban J connectivity index is 0.00000784. The molecule has 0 aliphatic rings. The summed E-state index contributed by atoms with van der Waals surface area (Å²) in [5.74, 6) is -2.88. The van der Waals surface area contributed by atoms with Crippen LogP contribution in [0.3, 0.4) is 0 Å². The molecule has 0 bridgehead atoms. The molecule has 11 heteroatoms. The van der Waals surface area contributed by atoms with Gasteiger partial charge in [0.25, 0.3) is 0 Å². The Morgan fingerprint density at radius 3 is 2.24 bits per heavy atom. The Morgan fingerprint density at radius 1 is 1.07 bits per heavy atom. The van der Waals surface area contributed by atoms with Gasteiger partial charge in [0.2, 0.25) is 11.8 Å². The summed E-state index contributed by atoms with van der Waals surface area (Å²) >= 11 is 0. The van der Waals surface area contributed by atoms with Gasteiger partial charge in [-0.2, -0.15) is 13.2 Å². The number of carbonyl (C=O) groups is 3. The molecular weight excluding hydrogens is 413 g/mol. The van der Waals surface area contributed by atoms with Gasteiger partial charge in [0.15, 0.2) is 0 Å². The van der Waals surface area contributed by atoms with Crippen molar-refractivity contribution in [3.63, 3.8) is 0 Å². The number of likely N-dealkylation sites (N-methyl/N-ethyl adjacent to an activating group) is 1. The normalized spacial score (nSPS) is 12.9. The van der Waals surface area contributed by atoms with Gasteiger partial charge in [0.1, 0.15) is 6.04 Å². The number of nitrogens with one attached hydrogen (secondary N) is 3. The monoisotopic (exact) mass is 438 g/mol. The molecule has 0 spiro atoms. The summed E-state index contributed by atoms with van der Waals surface area (Å²) in [5.41, 5.74) is 6.67. The van der Waals surface area contributed by atoms with E-state index >= 15 is 0 Å². The van der Waals surface area contributed by atoms with Crippen molar-refractivity contribution in [1.29, 1.82) is 0 Å². The van der Waals surface area contributed by atoms with Crippen molar-refractivity contribution >= 4 is 30.1 Å². The maximum absolute atomic E-state index is 12.2. The number of unbranched alkanes of at least 4 members (excludes halogenated alkanes) is 1. The number of alkyl halides is 3. The summed E-state index contributed by atoms with van der Waals surface area (Å²) in [7, 11) is 1.46. The summed E-state index contributed by atoms with van der Waals surface area (Å²) in [4.78, 5) is 34.9. The van der Waals surface area contributed by atoms with E-state index in [1.807, 2.05) is 30.3 Å². The molecule has 0 fully saturated rings. The van der Waals surface area contributed by atoms with Crippen LogP contribution in [0, 0.1) is 0 Å². The van der Waals surface area contributed by atoms with Gasteiger partial charge in [0.05, 0.1) is 6.04 Å². The number of amides is 3. The fourth-order valence-corrected chi connectivity index (χ4v) is 2.43. The van der Waals surface area contributed by atoms with Crippen LogP contribution in [0.1, 0.15) is 24.8 Å². The van der Waals surface area contributed by atoms with Gasteiger partial charge < -0.3 is 21.7 Å². The molecule has 0 radical (unpaired) electrons. The van der Waals surface area contributed by atoms with E-state index in [0.29, 0.717) is 12.8 Å². The standard InChI is InChI=1S/C18H25F3N4O3.ClH/c1-23-16(27)14(11-12-7-3-2-4-8-12)25-15(26)13(22)9-5-6-10-24-17(28)18(19,20)21;/h2-4,7-8,13-14H,5-6,9-11,22H2,1H3,(H,23,27)(H,24,28)(H,25,26);1H/t13-,14-;/m0./s1. The van der Waals surface area contributed by atoms with Crippen LogP contribution >= 0.6 is 12.4 Å². The molecule has 0 heterocycles. The highest BCUT2D eigenvalue weighted by Gasteiger charge is 2.38. The van der Waals surface area contributed by atoms with E-state index in [-0.39, 0.29) is 37.7 Å². The third-order valence-corrected chi connectivity index (χ3v) is 3.98. The highest BCUT2D eigenvalue weighted by Crippen LogP contribution is 2.14. The topological polar surface area (TPSA) is 113 Å². The first-order valence-corrected chi connectivity index (χ1v) is 8.81. The minimum Gasteiger partial charge on any atom is -0.357 e. The maximum Gasteiger partial charge on any atom is 0.471 e. The molecule has 0 aliphatic carbocycles. The minimum absolute atomic E-state index is 0. The molecule has 1 rings (SSSR count). The highest BCUT2D eigenvalue weighted by molar-refractivity contribution is 5.89. The fraction of sp³-hybridized carbons (Fsp3) is 0.500. The molecular formula is C18H26ClF3N4O3. The second-order valence-electron chi connectivity index (χ2n) is 6.22. The number of halogens is 4. The molecule has 5 N–H and O–H groups in total. The molecule has 0 saturated carbocycles. The zero-order valence-electron chi connectivity index (χ0n) is 15.9. The Hall–Kier alpha value is -2.33. The van der Waals surface area contributed by atoms with Gasteiger partial charge in [-0.05, 0) is 24.8 Å². The van der Waals surface area contributed by atoms with Crippen LogP contribution in [-0.2, 0) is 20.8 Å². The van der Waals surface area contributed by atoms with Crippen molar-refractivity contribution in [2.75, 3.05) is 13.6 Å². The largest absolute Gasteiger partial charge is 0.471 e. The predicted molar refractivity (Wildman–Crippen MR) is 104 cm³/mol. The van der Waals surface area contributed by atoms with Crippen molar-refractivity contribution in [2.24, 2.45) is 5.73 Å². The first kappa shape index (κ1) is 26.7. The van der Waals surface area contributed by atoms with E-state index in [4.69, 9.17) is 5.73 Å². The molecule has 2 atom stereocenters.